The number of carbonyl (C=O) groups excluding carboxylic acids is 3. The van der Waals surface area contributed by atoms with Crippen molar-refractivity contribution in [3.8, 4) is 0 Å². The molecule has 1 aliphatic rings. The van der Waals surface area contributed by atoms with Gasteiger partial charge in [-0.25, -0.2) is 9.59 Å². The molecule has 1 amide bonds. The van der Waals surface area contributed by atoms with E-state index in [-0.39, 0.29) is 6.04 Å². The zero-order valence-electron chi connectivity index (χ0n) is 12.5. The summed E-state index contributed by atoms with van der Waals surface area (Å²) in [6.07, 6.45) is 2.40. The maximum Gasteiger partial charge on any atom is 0.411 e. The van der Waals surface area contributed by atoms with E-state index in [1.54, 1.807) is 20.8 Å². The number of hydrogen-bond acceptors (Lipinski definition) is 5. The molecule has 0 saturated carbocycles. The third kappa shape index (κ3) is 4.21. The van der Waals surface area contributed by atoms with Crippen LogP contribution in [0.25, 0.3) is 0 Å². The van der Waals surface area contributed by atoms with Gasteiger partial charge in [0.05, 0.1) is 7.11 Å². The van der Waals surface area contributed by atoms with Gasteiger partial charge in [0.15, 0.2) is 0 Å². The highest BCUT2D eigenvalue weighted by Gasteiger charge is 2.43. The Kier molecular flexibility index (Phi) is 5.53. The Hall–Kier alpha value is -1.59. The molecule has 6 nitrogen and oxygen atoms in total. The zero-order valence-corrected chi connectivity index (χ0v) is 12.5. The van der Waals surface area contributed by atoms with Crippen LogP contribution in [0.4, 0.5) is 4.79 Å². The van der Waals surface area contributed by atoms with Crippen molar-refractivity contribution in [2.45, 2.75) is 64.1 Å². The summed E-state index contributed by atoms with van der Waals surface area (Å²) in [5.41, 5.74) is -0.629. The van der Waals surface area contributed by atoms with Gasteiger partial charge in [-0.1, -0.05) is 0 Å². The van der Waals surface area contributed by atoms with Gasteiger partial charge in [0.25, 0.3) is 0 Å². The standard InChI is InChI=1S/C14H23NO5/c1-14(2,3)20-13(18)15-10(6-5-9-16)7-8-11(15)12(17)19-4/h9-11H,5-8H2,1-4H3/t10-,11-/m1/s1. The minimum absolute atomic E-state index is 0.154. The second-order valence-corrected chi connectivity index (χ2v) is 5.90. The molecule has 1 heterocycles. The molecule has 1 saturated heterocycles. The van der Waals surface area contributed by atoms with E-state index < -0.39 is 23.7 Å². The summed E-state index contributed by atoms with van der Waals surface area (Å²) in [5, 5.41) is 0. The first kappa shape index (κ1) is 16.5. The summed E-state index contributed by atoms with van der Waals surface area (Å²) in [6.45, 7) is 5.32. The average Bonchev–Trinajstić information content (AvgIpc) is 2.77. The summed E-state index contributed by atoms with van der Waals surface area (Å²) < 4.78 is 10.1. The molecule has 1 fully saturated rings. The summed E-state index contributed by atoms with van der Waals surface area (Å²) in [4.78, 5) is 36.0. The lowest BCUT2D eigenvalue weighted by atomic mass is 10.1. The monoisotopic (exact) mass is 285 g/mol. The molecule has 20 heavy (non-hydrogen) atoms. The molecule has 0 radical (unpaired) electrons. The molecule has 0 N–H and O–H groups in total. The van der Waals surface area contributed by atoms with Gasteiger partial charge in [-0.15, -0.1) is 0 Å². The van der Waals surface area contributed by atoms with Crippen molar-refractivity contribution in [2.75, 3.05) is 7.11 Å². The van der Waals surface area contributed by atoms with E-state index >= 15 is 0 Å². The Labute approximate surface area is 119 Å². The number of ether oxygens (including phenoxy) is 2. The van der Waals surface area contributed by atoms with Crippen molar-refractivity contribution in [3.05, 3.63) is 0 Å². The van der Waals surface area contributed by atoms with Gasteiger partial charge in [-0.3, -0.25) is 4.90 Å². The van der Waals surface area contributed by atoms with Gasteiger partial charge in [-0.2, -0.15) is 0 Å². The number of carbonyl (C=O) groups is 3. The molecule has 2 atom stereocenters. The van der Waals surface area contributed by atoms with Crippen molar-refractivity contribution < 1.29 is 23.9 Å². The van der Waals surface area contributed by atoms with Gasteiger partial charge in [-0.05, 0) is 40.0 Å². The van der Waals surface area contributed by atoms with E-state index in [4.69, 9.17) is 9.47 Å². The van der Waals surface area contributed by atoms with Crippen LogP contribution in [0.3, 0.4) is 0 Å². The Bertz CT molecular complexity index is 374. The SMILES string of the molecule is COC(=O)[C@H]1CC[C@@H](CCC=O)N1C(=O)OC(C)(C)C. The lowest BCUT2D eigenvalue weighted by Gasteiger charge is -2.31. The van der Waals surface area contributed by atoms with Gasteiger partial charge in [0, 0.05) is 12.5 Å². The molecule has 0 aromatic rings. The average molecular weight is 285 g/mol. The zero-order chi connectivity index (χ0) is 15.3. The quantitative estimate of drug-likeness (QED) is 0.582. The van der Waals surface area contributed by atoms with Crippen LogP contribution in [-0.4, -0.2) is 48.0 Å². The van der Waals surface area contributed by atoms with E-state index in [9.17, 15) is 14.4 Å². The van der Waals surface area contributed by atoms with Crippen molar-refractivity contribution in [2.24, 2.45) is 0 Å². The minimum Gasteiger partial charge on any atom is -0.467 e. The number of rotatable bonds is 4. The largest absolute Gasteiger partial charge is 0.467 e. The number of aldehydes is 1. The van der Waals surface area contributed by atoms with E-state index in [0.29, 0.717) is 25.7 Å². The Morgan fingerprint density at radius 1 is 1.30 bits per heavy atom. The van der Waals surface area contributed by atoms with E-state index in [0.717, 1.165) is 6.29 Å². The third-order valence-corrected chi connectivity index (χ3v) is 3.20. The summed E-state index contributed by atoms with van der Waals surface area (Å²) in [5.74, 6) is -0.440. The molecule has 1 rings (SSSR count). The smallest absolute Gasteiger partial charge is 0.411 e. The second-order valence-electron chi connectivity index (χ2n) is 5.90. The fourth-order valence-electron chi connectivity index (χ4n) is 2.39. The molecule has 6 heteroatoms. The van der Waals surface area contributed by atoms with Gasteiger partial charge in [0.2, 0.25) is 0 Å². The van der Waals surface area contributed by atoms with Gasteiger partial charge in [0.1, 0.15) is 17.9 Å². The van der Waals surface area contributed by atoms with Crippen LogP contribution in [0.5, 0.6) is 0 Å². The first-order valence-corrected chi connectivity index (χ1v) is 6.83. The first-order chi connectivity index (χ1) is 9.30. The molecule has 0 aromatic heterocycles. The second kappa shape index (κ2) is 6.72. The maximum atomic E-state index is 12.3. The first-order valence-electron chi connectivity index (χ1n) is 6.83. The molecule has 1 aliphatic heterocycles. The molecule has 0 aliphatic carbocycles. The lowest BCUT2D eigenvalue weighted by molar-refractivity contribution is -0.146. The number of nitrogens with zero attached hydrogens (tertiary/aromatic N) is 1. The Morgan fingerprint density at radius 2 is 1.95 bits per heavy atom. The van der Waals surface area contributed by atoms with Crippen molar-refractivity contribution in [3.63, 3.8) is 0 Å². The van der Waals surface area contributed by atoms with Crippen LogP contribution in [-0.2, 0) is 19.1 Å². The highest BCUT2D eigenvalue weighted by Crippen LogP contribution is 2.29. The molecular formula is C14H23NO5. The normalized spacial score (nSPS) is 22.5. The van der Waals surface area contributed by atoms with Crippen LogP contribution in [0.15, 0.2) is 0 Å². The van der Waals surface area contributed by atoms with Crippen LogP contribution >= 0.6 is 0 Å². The van der Waals surface area contributed by atoms with Crippen molar-refractivity contribution in [1.82, 2.24) is 4.90 Å². The van der Waals surface area contributed by atoms with Crippen LogP contribution in [0.1, 0.15) is 46.5 Å². The van der Waals surface area contributed by atoms with Crippen LogP contribution in [0, 0.1) is 0 Å². The summed E-state index contributed by atoms with van der Waals surface area (Å²) in [6, 6.07) is -0.773. The maximum absolute atomic E-state index is 12.3. The van der Waals surface area contributed by atoms with Crippen LogP contribution in [0.2, 0.25) is 0 Å². The van der Waals surface area contributed by atoms with Crippen LogP contribution < -0.4 is 0 Å². The molecule has 0 unspecified atom stereocenters. The third-order valence-electron chi connectivity index (χ3n) is 3.20. The fourth-order valence-corrected chi connectivity index (χ4v) is 2.39. The molecular weight excluding hydrogens is 262 g/mol. The molecule has 114 valence electrons. The molecule has 0 bridgehead atoms. The summed E-state index contributed by atoms with van der Waals surface area (Å²) in [7, 11) is 1.30. The Balaban J connectivity index is 2.86. The Morgan fingerprint density at radius 3 is 2.45 bits per heavy atom. The predicted molar refractivity (Wildman–Crippen MR) is 72.2 cm³/mol. The highest BCUT2D eigenvalue weighted by atomic mass is 16.6. The predicted octanol–water partition coefficient (Wildman–Crippen LogP) is 1.91. The molecule has 0 spiro atoms. The topological polar surface area (TPSA) is 72.9 Å². The number of likely N-dealkylation sites (tertiary alicyclic amines) is 1. The lowest BCUT2D eigenvalue weighted by Crippen LogP contribution is -2.47. The highest BCUT2D eigenvalue weighted by molar-refractivity contribution is 5.82. The number of hydrogen-bond donors (Lipinski definition) is 0. The van der Waals surface area contributed by atoms with Gasteiger partial charge < -0.3 is 14.3 Å². The summed E-state index contributed by atoms with van der Waals surface area (Å²) >= 11 is 0. The fraction of sp³-hybridized carbons (Fsp3) is 0.786. The number of amides is 1. The minimum atomic E-state index is -0.629. The molecule has 0 aromatic carbocycles. The van der Waals surface area contributed by atoms with E-state index in [1.807, 2.05) is 0 Å². The number of methoxy groups -OCH3 is 1. The van der Waals surface area contributed by atoms with E-state index in [1.165, 1.54) is 12.0 Å². The van der Waals surface area contributed by atoms with Gasteiger partial charge >= 0.3 is 12.1 Å². The number of esters is 1. The van der Waals surface area contributed by atoms with E-state index in [2.05, 4.69) is 0 Å². The van der Waals surface area contributed by atoms with Crippen molar-refractivity contribution in [1.29, 1.82) is 0 Å². The van der Waals surface area contributed by atoms with Crippen molar-refractivity contribution >= 4 is 18.3 Å².